The highest BCUT2D eigenvalue weighted by atomic mass is 32.1. The summed E-state index contributed by atoms with van der Waals surface area (Å²) in [5.41, 5.74) is 0.815. The predicted octanol–water partition coefficient (Wildman–Crippen LogP) is 4.76. The molecule has 1 aromatic carbocycles. The second kappa shape index (κ2) is 9.31. The third-order valence-electron chi connectivity index (χ3n) is 5.48. The minimum atomic E-state index is -0.503. The lowest BCUT2D eigenvalue weighted by Gasteiger charge is -2.15. The lowest BCUT2D eigenvalue weighted by Crippen LogP contribution is -2.28. The number of carbonyl (C=O) groups is 1. The van der Waals surface area contributed by atoms with Crippen LogP contribution in [-0.4, -0.2) is 48.4 Å². The summed E-state index contributed by atoms with van der Waals surface area (Å²) in [5, 5.41) is 8.83. The van der Waals surface area contributed by atoms with Gasteiger partial charge in [-0.3, -0.25) is 4.79 Å². The van der Waals surface area contributed by atoms with E-state index in [1.54, 1.807) is 23.1 Å². The van der Waals surface area contributed by atoms with Crippen LogP contribution in [0.4, 0.5) is 4.39 Å². The van der Waals surface area contributed by atoms with Crippen molar-refractivity contribution < 1.29 is 9.18 Å². The molecular formula is C22H26FN3OS. The molecule has 3 heterocycles. The fourth-order valence-corrected chi connectivity index (χ4v) is 4.36. The molecule has 0 N–H and O–H groups in total. The van der Waals surface area contributed by atoms with E-state index in [4.69, 9.17) is 5.26 Å². The number of hydrogen-bond donors (Lipinski definition) is 0. The van der Waals surface area contributed by atoms with Gasteiger partial charge in [-0.15, -0.1) is 11.3 Å². The largest absolute Gasteiger partial charge is 0.339 e. The molecule has 0 spiro atoms. The molecular weight excluding hydrogens is 373 g/mol. The van der Waals surface area contributed by atoms with Gasteiger partial charge in [0, 0.05) is 24.0 Å². The van der Waals surface area contributed by atoms with Gasteiger partial charge in [0.15, 0.2) is 0 Å². The molecule has 2 fully saturated rings. The Bertz CT molecular complexity index is 859. The third kappa shape index (κ3) is 4.78. The molecule has 28 heavy (non-hydrogen) atoms. The second-order valence-corrected chi connectivity index (χ2v) is 8.53. The lowest BCUT2D eigenvalue weighted by molar-refractivity contribution is 0.0788. The molecule has 6 heteroatoms. The number of halogens is 1. The minimum Gasteiger partial charge on any atom is -0.339 e. The van der Waals surface area contributed by atoms with Gasteiger partial charge in [0.1, 0.15) is 16.8 Å². The first-order chi connectivity index (χ1) is 13.5. The maximum Gasteiger partial charge on any atom is 0.256 e. The molecule has 2 aliphatic heterocycles. The van der Waals surface area contributed by atoms with Crippen LogP contribution in [0.15, 0.2) is 30.3 Å². The van der Waals surface area contributed by atoms with Gasteiger partial charge in [0.05, 0.1) is 5.56 Å². The summed E-state index contributed by atoms with van der Waals surface area (Å²) in [6, 6.07) is 11.1. The number of nitriles is 1. The Balaban J connectivity index is 0.000000271. The van der Waals surface area contributed by atoms with Gasteiger partial charge < -0.3 is 9.80 Å². The minimum absolute atomic E-state index is 0.123. The summed E-state index contributed by atoms with van der Waals surface area (Å²) in [7, 11) is 2.19. The van der Waals surface area contributed by atoms with E-state index in [0.717, 1.165) is 23.8 Å². The number of hydrogen-bond acceptors (Lipinski definition) is 4. The molecule has 4 nitrogen and oxygen atoms in total. The first-order valence-electron chi connectivity index (χ1n) is 9.79. The summed E-state index contributed by atoms with van der Waals surface area (Å²) < 4.78 is 14.2. The van der Waals surface area contributed by atoms with Gasteiger partial charge in [0.25, 0.3) is 5.91 Å². The van der Waals surface area contributed by atoms with Crippen LogP contribution < -0.4 is 0 Å². The zero-order valence-electron chi connectivity index (χ0n) is 16.4. The van der Waals surface area contributed by atoms with E-state index in [1.807, 2.05) is 0 Å². The van der Waals surface area contributed by atoms with Crippen molar-refractivity contribution in [1.82, 2.24) is 9.80 Å². The van der Waals surface area contributed by atoms with Crippen LogP contribution in [0.5, 0.6) is 0 Å². The number of benzene rings is 1. The van der Waals surface area contributed by atoms with E-state index >= 15 is 0 Å². The van der Waals surface area contributed by atoms with Crippen molar-refractivity contribution in [2.24, 2.45) is 0 Å². The molecule has 0 aliphatic carbocycles. The van der Waals surface area contributed by atoms with Crippen LogP contribution in [0.25, 0.3) is 10.4 Å². The van der Waals surface area contributed by atoms with Gasteiger partial charge in [0.2, 0.25) is 0 Å². The zero-order chi connectivity index (χ0) is 20.1. The third-order valence-corrected chi connectivity index (χ3v) is 6.52. The van der Waals surface area contributed by atoms with Gasteiger partial charge in [-0.05, 0) is 76.0 Å². The summed E-state index contributed by atoms with van der Waals surface area (Å²) in [6.45, 7) is 5.00. The number of thiophene rings is 1. The zero-order valence-corrected chi connectivity index (χ0v) is 17.3. The summed E-state index contributed by atoms with van der Waals surface area (Å²) in [4.78, 5) is 17.7. The molecule has 2 aliphatic rings. The molecule has 0 saturated carbocycles. The topological polar surface area (TPSA) is 47.3 Å². The SMILES string of the molecule is C[C@@H]1CCCN1C.N#Cc1ccc(-c2ccc(C(=O)N3CCCC3)c(F)c2)s1. The van der Waals surface area contributed by atoms with Crippen molar-refractivity contribution in [2.45, 2.75) is 38.6 Å². The summed E-state index contributed by atoms with van der Waals surface area (Å²) >= 11 is 1.31. The molecule has 1 amide bonds. The molecule has 0 unspecified atom stereocenters. The van der Waals surface area contributed by atoms with Crippen LogP contribution in [0.2, 0.25) is 0 Å². The van der Waals surface area contributed by atoms with E-state index in [0.29, 0.717) is 23.5 Å². The Labute approximate surface area is 170 Å². The number of carbonyl (C=O) groups excluding carboxylic acids is 1. The summed E-state index contributed by atoms with van der Waals surface area (Å²) in [5.74, 6) is -0.739. The van der Waals surface area contributed by atoms with E-state index < -0.39 is 5.82 Å². The smallest absolute Gasteiger partial charge is 0.256 e. The first kappa shape index (κ1) is 20.5. The Morgan fingerprint density at radius 1 is 1.18 bits per heavy atom. The van der Waals surface area contributed by atoms with Crippen molar-refractivity contribution in [1.29, 1.82) is 5.26 Å². The molecule has 0 bridgehead atoms. The van der Waals surface area contributed by atoms with Crippen molar-refractivity contribution in [3.8, 4) is 16.5 Å². The quantitative estimate of drug-likeness (QED) is 0.731. The van der Waals surface area contributed by atoms with Crippen LogP contribution in [0, 0.1) is 17.1 Å². The van der Waals surface area contributed by atoms with E-state index in [2.05, 4.69) is 24.9 Å². The monoisotopic (exact) mass is 399 g/mol. The molecule has 0 radical (unpaired) electrons. The molecule has 2 aromatic rings. The molecule has 1 aromatic heterocycles. The van der Waals surface area contributed by atoms with Gasteiger partial charge >= 0.3 is 0 Å². The number of rotatable bonds is 2. The Kier molecular flexibility index (Phi) is 6.82. The maximum absolute atomic E-state index is 14.2. The predicted molar refractivity (Wildman–Crippen MR) is 111 cm³/mol. The number of likely N-dealkylation sites (tertiary alicyclic amines) is 2. The fraction of sp³-hybridized carbons (Fsp3) is 0.455. The Morgan fingerprint density at radius 3 is 2.43 bits per heavy atom. The standard InChI is InChI=1S/C16H13FN2OS.C6H13N/c17-14-9-11(15-6-4-12(10-18)21-15)3-5-13(14)16(20)19-7-1-2-8-19;1-6-4-3-5-7(6)2/h3-6,9H,1-2,7-8H2;6H,3-5H2,1-2H3/t;6-/m.1/s1. The maximum atomic E-state index is 14.2. The highest BCUT2D eigenvalue weighted by molar-refractivity contribution is 7.16. The highest BCUT2D eigenvalue weighted by Gasteiger charge is 2.22. The Morgan fingerprint density at radius 2 is 1.93 bits per heavy atom. The van der Waals surface area contributed by atoms with Gasteiger partial charge in [-0.2, -0.15) is 5.26 Å². The van der Waals surface area contributed by atoms with Crippen molar-refractivity contribution in [3.05, 3.63) is 46.6 Å². The van der Waals surface area contributed by atoms with Gasteiger partial charge in [-0.1, -0.05) is 6.07 Å². The van der Waals surface area contributed by atoms with E-state index in [-0.39, 0.29) is 11.5 Å². The molecule has 148 valence electrons. The second-order valence-electron chi connectivity index (χ2n) is 7.44. The van der Waals surface area contributed by atoms with Crippen molar-refractivity contribution in [2.75, 3.05) is 26.7 Å². The average molecular weight is 400 g/mol. The fourth-order valence-electron chi connectivity index (χ4n) is 3.56. The molecule has 4 rings (SSSR count). The highest BCUT2D eigenvalue weighted by Crippen LogP contribution is 2.29. The summed E-state index contributed by atoms with van der Waals surface area (Å²) in [6.07, 6.45) is 4.77. The van der Waals surface area contributed by atoms with Crippen molar-refractivity contribution >= 4 is 17.2 Å². The number of amides is 1. The van der Waals surface area contributed by atoms with E-state index in [9.17, 15) is 9.18 Å². The number of nitrogens with zero attached hydrogens (tertiary/aromatic N) is 3. The van der Waals surface area contributed by atoms with Crippen LogP contribution in [0.3, 0.4) is 0 Å². The average Bonchev–Trinajstić information content (AvgIpc) is 3.45. The van der Waals surface area contributed by atoms with Crippen LogP contribution in [0.1, 0.15) is 47.8 Å². The van der Waals surface area contributed by atoms with Crippen molar-refractivity contribution in [3.63, 3.8) is 0 Å². The normalized spacial score (nSPS) is 19.2. The van der Waals surface area contributed by atoms with Crippen LogP contribution in [-0.2, 0) is 0 Å². The van der Waals surface area contributed by atoms with Gasteiger partial charge in [-0.25, -0.2) is 4.39 Å². The molecule has 1 atom stereocenters. The molecule has 2 saturated heterocycles. The van der Waals surface area contributed by atoms with E-state index in [1.165, 1.54) is 42.9 Å². The lowest BCUT2D eigenvalue weighted by atomic mass is 10.1. The van der Waals surface area contributed by atoms with Crippen LogP contribution >= 0.6 is 11.3 Å². The Hall–Kier alpha value is -2.23. The first-order valence-corrected chi connectivity index (χ1v) is 10.6.